The molecule has 2 N–H and O–H groups in total. The van der Waals surface area contributed by atoms with Crippen molar-refractivity contribution in [3.8, 4) is 0 Å². The van der Waals surface area contributed by atoms with E-state index in [9.17, 15) is 0 Å². The maximum Gasteiger partial charge on any atom is 0.0455 e. The number of benzene rings is 2. The molecule has 2 aromatic carbocycles. The van der Waals surface area contributed by atoms with Crippen LogP contribution in [0.25, 0.3) is 11.3 Å². The van der Waals surface area contributed by atoms with Crippen molar-refractivity contribution in [3.63, 3.8) is 0 Å². The molecule has 0 amide bonds. The van der Waals surface area contributed by atoms with E-state index in [1.54, 1.807) is 0 Å². The summed E-state index contributed by atoms with van der Waals surface area (Å²) in [5.74, 6) is 0. The number of para-hydroxylation sites is 1. The fraction of sp³-hybridized carbons (Fsp3) is 0.263. The van der Waals surface area contributed by atoms with Gasteiger partial charge < -0.3 is 10.6 Å². The Morgan fingerprint density at radius 2 is 1.62 bits per heavy atom. The Kier molecular flexibility index (Phi) is 3.70. The molecule has 1 aliphatic heterocycles. The summed E-state index contributed by atoms with van der Waals surface area (Å²) in [5.41, 5.74) is 7.64. The van der Waals surface area contributed by atoms with Crippen LogP contribution in [0, 0.1) is 0 Å². The minimum Gasteiger partial charge on any atom is -0.382 e. The fourth-order valence-corrected chi connectivity index (χ4v) is 2.88. The number of fused-ring (bicyclic) bond motifs is 2. The second-order valence-corrected chi connectivity index (χ2v) is 5.86. The molecule has 0 spiro atoms. The van der Waals surface area contributed by atoms with Crippen LogP contribution in [0.5, 0.6) is 0 Å². The van der Waals surface area contributed by atoms with Gasteiger partial charge in [0, 0.05) is 35.1 Å². The molecule has 0 atom stereocenters. The van der Waals surface area contributed by atoms with Crippen molar-refractivity contribution in [2.45, 2.75) is 33.4 Å². The first-order chi connectivity index (χ1) is 10.2. The van der Waals surface area contributed by atoms with Crippen LogP contribution in [0.2, 0.25) is 0 Å². The first-order valence-corrected chi connectivity index (χ1v) is 7.56. The molecule has 0 unspecified atom stereocenters. The second-order valence-electron chi connectivity index (χ2n) is 5.86. The molecule has 0 saturated carbocycles. The van der Waals surface area contributed by atoms with Gasteiger partial charge in [0.2, 0.25) is 0 Å². The minimum absolute atomic E-state index is 0.405. The first kappa shape index (κ1) is 13.7. The molecule has 0 bridgehead atoms. The molecule has 21 heavy (non-hydrogen) atoms. The van der Waals surface area contributed by atoms with E-state index in [-0.39, 0.29) is 0 Å². The van der Waals surface area contributed by atoms with Crippen LogP contribution in [0.3, 0.4) is 0 Å². The molecule has 2 nitrogen and oxygen atoms in total. The smallest absolute Gasteiger partial charge is 0.0455 e. The van der Waals surface area contributed by atoms with Crippen LogP contribution in [-0.2, 0) is 6.54 Å². The molecule has 108 valence electrons. The van der Waals surface area contributed by atoms with Crippen LogP contribution in [0.1, 0.15) is 37.5 Å². The van der Waals surface area contributed by atoms with Gasteiger partial charge >= 0.3 is 0 Å². The summed E-state index contributed by atoms with van der Waals surface area (Å²) in [6.07, 6.45) is 0. The van der Waals surface area contributed by atoms with E-state index in [0.29, 0.717) is 6.04 Å². The van der Waals surface area contributed by atoms with Gasteiger partial charge in [-0.3, -0.25) is 0 Å². The average molecular weight is 278 g/mol. The molecule has 1 heterocycles. The largest absolute Gasteiger partial charge is 0.382 e. The fourth-order valence-electron chi connectivity index (χ4n) is 2.88. The predicted octanol–water partition coefficient (Wildman–Crippen LogP) is 4.50. The lowest BCUT2D eigenvalue weighted by Crippen LogP contribution is -2.24. The summed E-state index contributed by atoms with van der Waals surface area (Å²) >= 11 is 0. The van der Waals surface area contributed by atoms with Crippen LogP contribution >= 0.6 is 0 Å². The van der Waals surface area contributed by atoms with Crippen molar-refractivity contribution in [1.82, 2.24) is 5.32 Å². The lowest BCUT2D eigenvalue weighted by atomic mass is 9.94. The van der Waals surface area contributed by atoms with Crippen LogP contribution in [0.4, 0.5) is 5.69 Å². The van der Waals surface area contributed by atoms with Crippen molar-refractivity contribution >= 4 is 17.0 Å². The molecule has 0 saturated heterocycles. The Balaban J connectivity index is 2.24. The average Bonchev–Trinajstić information content (AvgIpc) is 2.49. The van der Waals surface area contributed by atoms with Crippen molar-refractivity contribution in [1.29, 1.82) is 0 Å². The van der Waals surface area contributed by atoms with E-state index in [0.717, 1.165) is 6.54 Å². The van der Waals surface area contributed by atoms with E-state index in [2.05, 4.69) is 79.9 Å². The van der Waals surface area contributed by atoms with Crippen molar-refractivity contribution in [2.24, 2.45) is 0 Å². The highest BCUT2D eigenvalue weighted by atomic mass is 14.9. The monoisotopic (exact) mass is 278 g/mol. The summed E-state index contributed by atoms with van der Waals surface area (Å²) < 4.78 is 0. The van der Waals surface area contributed by atoms with Crippen molar-refractivity contribution < 1.29 is 0 Å². The maximum absolute atomic E-state index is 3.65. The second kappa shape index (κ2) is 5.65. The highest BCUT2D eigenvalue weighted by Crippen LogP contribution is 2.33. The zero-order chi connectivity index (χ0) is 14.8. The summed E-state index contributed by atoms with van der Waals surface area (Å²) in [6.45, 7) is 7.43. The van der Waals surface area contributed by atoms with E-state index in [1.165, 1.54) is 33.6 Å². The molecule has 0 fully saturated rings. The van der Waals surface area contributed by atoms with Gasteiger partial charge in [-0.1, -0.05) is 42.5 Å². The Labute approximate surface area is 126 Å². The standard InChI is InChI=1S/C19H22N2/c1-13(2)21-19-14(3)16-9-6-7-11-18(16)20-12-15-8-4-5-10-17(15)19/h4-11,13,20-21H,12H2,1-3H3/b19-14+. The summed E-state index contributed by atoms with van der Waals surface area (Å²) in [5, 5.41) is 7.21. The van der Waals surface area contributed by atoms with E-state index in [4.69, 9.17) is 0 Å². The predicted molar refractivity (Wildman–Crippen MR) is 91.0 cm³/mol. The quantitative estimate of drug-likeness (QED) is 0.845. The summed E-state index contributed by atoms with van der Waals surface area (Å²) in [6, 6.07) is 17.6. The number of rotatable bonds is 2. The van der Waals surface area contributed by atoms with Gasteiger partial charge in [0.15, 0.2) is 0 Å². The van der Waals surface area contributed by atoms with Crippen molar-refractivity contribution in [2.75, 3.05) is 5.32 Å². The molecular formula is C19H22N2. The molecule has 1 aliphatic rings. The number of hydrogen-bond donors (Lipinski definition) is 2. The van der Waals surface area contributed by atoms with Gasteiger partial charge in [-0.15, -0.1) is 0 Å². The lowest BCUT2D eigenvalue weighted by Gasteiger charge is -2.25. The zero-order valence-corrected chi connectivity index (χ0v) is 12.9. The Morgan fingerprint density at radius 3 is 2.38 bits per heavy atom. The van der Waals surface area contributed by atoms with E-state index in [1.807, 2.05) is 0 Å². The zero-order valence-electron chi connectivity index (χ0n) is 12.9. The molecule has 0 aromatic heterocycles. The summed E-state index contributed by atoms with van der Waals surface area (Å²) in [4.78, 5) is 0. The highest BCUT2D eigenvalue weighted by Gasteiger charge is 2.17. The van der Waals surface area contributed by atoms with Crippen LogP contribution < -0.4 is 10.6 Å². The molecule has 3 rings (SSSR count). The SMILES string of the molecule is C/C1=C(\NC(C)C)c2ccccc2CNc2ccccc21. The van der Waals surface area contributed by atoms with Crippen molar-refractivity contribution in [3.05, 3.63) is 65.2 Å². The van der Waals surface area contributed by atoms with Gasteiger partial charge in [-0.25, -0.2) is 0 Å². The molecular weight excluding hydrogens is 256 g/mol. The molecule has 0 radical (unpaired) electrons. The lowest BCUT2D eigenvalue weighted by molar-refractivity contribution is 0.716. The Bertz CT molecular complexity index is 683. The third-order valence-electron chi connectivity index (χ3n) is 3.90. The van der Waals surface area contributed by atoms with Crippen LogP contribution in [-0.4, -0.2) is 6.04 Å². The third-order valence-corrected chi connectivity index (χ3v) is 3.90. The molecule has 2 aromatic rings. The molecule has 2 heteroatoms. The third kappa shape index (κ3) is 2.66. The normalized spacial score (nSPS) is 17.3. The topological polar surface area (TPSA) is 24.1 Å². The maximum atomic E-state index is 3.65. The Morgan fingerprint density at radius 1 is 0.952 bits per heavy atom. The molecule has 0 aliphatic carbocycles. The van der Waals surface area contributed by atoms with Crippen LogP contribution in [0.15, 0.2) is 48.5 Å². The van der Waals surface area contributed by atoms with E-state index < -0.39 is 0 Å². The number of anilines is 1. The van der Waals surface area contributed by atoms with E-state index >= 15 is 0 Å². The number of allylic oxidation sites excluding steroid dienone is 1. The van der Waals surface area contributed by atoms with Gasteiger partial charge in [-0.05, 0) is 38.0 Å². The Hall–Kier alpha value is -2.22. The van der Waals surface area contributed by atoms with Gasteiger partial charge in [-0.2, -0.15) is 0 Å². The van der Waals surface area contributed by atoms with Gasteiger partial charge in [0.25, 0.3) is 0 Å². The number of hydrogen-bond acceptors (Lipinski definition) is 2. The van der Waals surface area contributed by atoms with Gasteiger partial charge in [0.05, 0.1) is 0 Å². The summed E-state index contributed by atoms with van der Waals surface area (Å²) in [7, 11) is 0. The first-order valence-electron chi connectivity index (χ1n) is 7.56. The van der Waals surface area contributed by atoms with Gasteiger partial charge in [0.1, 0.15) is 0 Å². The minimum atomic E-state index is 0.405. The highest BCUT2D eigenvalue weighted by molar-refractivity contribution is 5.94. The number of nitrogens with one attached hydrogen (secondary N) is 2.